The second-order valence-corrected chi connectivity index (χ2v) is 7.86. The van der Waals surface area contributed by atoms with Gasteiger partial charge in [0.2, 0.25) is 0 Å². The lowest BCUT2D eigenvalue weighted by Gasteiger charge is -2.05. The fourth-order valence-electron chi connectivity index (χ4n) is 1.33. The molecule has 0 aliphatic carbocycles. The molecule has 0 saturated heterocycles. The predicted molar refractivity (Wildman–Crippen MR) is 76.6 cm³/mol. The van der Waals surface area contributed by atoms with Crippen LogP contribution in [-0.2, 0) is 10.0 Å². The van der Waals surface area contributed by atoms with Gasteiger partial charge in [-0.1, -0.05) is 0 Å². The van der Waals surface area contributed by atoms with Gasteiger partial charge in [0.15, 0.2) is 4.21 Å². The van der Waals surface area contributed by atoms with E-state index in [1.807, 2.05) is 0 Å². The Morgan fingerprint density at radius 3 is 2.74 bits per heavy atom. The summed E-state index contributed by atoms with van der Waals surface area (Å²) in [6.45, 7) is 1.51. The fraction of sp³-hybridized carbons (Fsp3) is 0.111. The van der Waals surface area contributed by atoms with E-state index in [1.54, 1.807) is 11.4 Å². The molecule has 0 unspecified atom stereocenters. The molecule has 0 fully saturated rings. The highest BCUT2D eigenvalue weighted by molar-refractivity contribution is 9.10. The Balaban J connectivity index is 2.42. The third kappa shape index (κ3) is 2.81. The molecular weight excluding hydrogens is 376 g/mol. The number of carboxylic acids is 1. The van der Waals surface area contributed by atoms with E-state index in [1.165, 1.54) is 6.92 Å². The standard InChI is InChI=1S/C9H7BrN2O4S3/c1-4-6(8(13)14)7(18-11-4)12-19(15,16)9-5(10)2-3-17-9/h2-3,12H,1H3,(H,13,14). The number of hydrogen-bond acceptors (Lipinski definition) is 6. The largest absolute Gasteiger partial charge is 0.478 e. The van der Waals surface area contributed by atoms with Crippen molar-refractivity contribution in [1.29, 1.82) is 0 Å². The van der Waals surface area contributed by atoms with Crippen LogP contribution in [0.25, 0.3) is 0 Å². The predicted octanol–water partition coefficient (Wildman–Crippen LogP) is 2.77. The quantitative estimate of drug-likeness (QED) is 0.847. The van der Waals surface area contributed by atoms with Gasteiger partial charge in [-0.15, -0.1) is 11.3 Å². The van der Waals surface area contributed by atoms with Crippen LogP contribution in [0.15, 0.2) is 20.1 Å². The molecule has 0 radical (unpaired) electrons. The number of thiophene rings is 1. The van der Waals surface area contributed by atoms with E-state index in [0.717, 1.165) is 22.9 Å². The van der Waals surface area contributed by atoms with Crippen LogP contribution < -0.4 is 4.72 Å². The van der Waals surface area contributed by atoms with Crippen molar-refractivity contribution in [1.82, 2.24) is 4.37 Å². The minimum atomic E-state index is -3.81. The first-order chi connectivity index (χ1) is 8.83. The summed E-state index contributed by atoms with van der Waals surface area (Å²) in [6.07, 6.45) is 0. The van der Waals surface area contributed by atoms with E-state index in [-0.39, 0.29) is 20.5 Å². The van der Waals surface area contributed by atoms with E-state index in [0.29, 0.717) is 4.47 Å². The molecule has 0 aliphatic heterocycles. The van der Waals surface area contributed by atoms with E-state index >= 15 is 0 Å². The molecule has 0 spiro atoms. The number of aromatic nitrogens is 1. The molecule has 0 bridgehead atoms. The monoisotopic (exact) mass is 382 g/mol. The summed E-state index contributed by atoms with van der Waals surface area (Å²) < 4.78 is 30.9. The van der Waals surface area contributed by atoms with Crippen LogP contribution in [0.4, 0.5) is 5.00 Å². The maximum absolute atomic E-state index is 12.1. The number of rotatable bonds is 4. The van der Waals surface area contributed by atoms with E-state index < -0.39 is 16.0 Å². The first-order valence-corrected chi connectivity index (χ1v) is 8.71. The maximum atomic E-state index is 12.1. The second-order valence-electron chi connectivity index (χ2n) is 3.44. The number of hydrogen-bond donors (Lipinski definition) is 2. The molecule has 6 nitrogen and oxygen atoms in total. The SMILES string of the molecule is Cc1nsc(NS(=O)(=O)c2sccc2Br)c1C(=O)O. The highest BCUT2D eigenvalue weighted by atomic mass is 79.9. The van der Waals surface area contributed by atoms with Gasteiger partial charge in [0.25, 0.3) is 10.0 Å². The number of aromatic carboxylic acids is 1. The summed E-state index contributed by atoms with van der Waals surface area (Å²) in [5.41, 5.74) is 0.154. The van der Waals surface area contributed by atoms with Gasteiger partial charge in [-0.25, -0.2) is 13.2 Å². The molecule has 10 heteroatoms. The van der Waals surface area contributed by atoms with Crippen molar-refractivity contribution < 1.29 is 18.3 Å². The highest BCUT2D eigenvalue weighted by Gasteiger charge is 2.25. The van der Waals surface area contributed by atoms with Crippen molar-refractivity contribution in [3.05, 3.63) is 27.2 Å². The lowest BCUT2D eigenvalue weighted by Crippen LogP contribution is -2.13. The van der Waals surface area contributed by atoms with Crippen molar-refractivity contribution in [2.75, 3.05) is 4.72 Å². The maximum Gasteiger partial charge on any atom is 0.340 e. The molecule has 102 valence electrons. The zero-order valence-corrected chi connectivity index (χ0v) is 13.4. The second kappa shape index (κ2) is 5.19. The molecule has 0 aliphatic rings. The Morgan fingerprint density at radius 1 is 1.53 bits per heavy atom. The minimum Gasteiger partial charge on any atom is -0.478 e. The highest BCUT2D eigenvalue weighted by Crippen LogP contribution is 2.32. The first kappa shape index (κ1) is 14.4. The molecule has 2 N–H and O–H groups in total. The third-order valence-corrected chi connectivity index (χ3v) is 7.14. The number of anilines is 1. The molecule has 0 amide bonds. The molecule has 0 aromatic carbocycles. The Hall–Kier alpha value is -0.970. The van der Waals surface area contributed by atoms with Crippen molar-refractivity contribution in [2.24, 2.45) is 0 Å². The zero-order chi connectivity index (χ0) is 14.2. The van der Waals surface area contributed by atoms with Gasteiger partial charge < -0.3 is 5.11 Å². The summed E-state index contributed by atoms with van der Waals surface area (Å²) in [7, 11) is -3.81. The van der Waals surface area contributed by atoms with E-state index in [4.69, 9.17) is 5.11 Å². The van der Waals surface area contributed by atoms with Crippen LogP contribution in [0.5, 0.6) is 0 Å². The van der Waals surface area contributed by atoms with Crippen molar-refractivity contribution >= 4 is 59.8 Å². The molecule has 2 heterocycles. The van der Waals surface area contributed by atoms with Gasteiger partial charge in [0, 0.05) is 4.47 Å². The number of nitrogens with zero attached hydrogens (tertiary/aromatic N) is 1. The average molecular weight is 383 g/mol. The van der Waals surface area contributed by atoms with Crippen molar-refractivity contribution in [2.45, 2.75) is 11.1 Å². The normalized spacial score (nSPS) is 11.5. The lowest BCUT2D eigenvalue weighted by molar-refractivity contribution is 0.0697. The summed E-state index contributed by atoms with van der Waals surface area (Å²) in [6, 6.07) is 1.61. The van der Waals surface area contributed by atoms with Gasteiger partial charge in [0.05, 0.1) is 5.69 Å². The van der Waals surface area contributed by atoms with Gasteiger partial charge >= 0.3 is 5.97 Å². The van der Waals surface area contributed by atoms with Crippen LogP contribution in [0.2, 0.25) is 0 Å². The van der Waals surface area contributed by atoms with Gasteiger partial charge in [-0.3, -0.25) is 4.72 Å². The molecule has 0 atom stereocenters. The zero-order valence-electron chi connectivity index (χ0n) is 9.38. The van der Waals surface area contributed by atoms with Gasteiger partial charge in [-0.05, 0) is 45.8 Å². The minimum absolute atomic E-state index is 0.00491. The fourth-order valence-corrected chi connectivity index (χ4v) is 5.75. The number of carboxylic acid groups (broad SMARTS) is 1. The first-order valence-electron chi connectivity index (χ1n) is 4.78. The summed E-state index contributed by atoms with van der Waals surface area (Å²) in [5.74, 6) is -1.21. The van der Waals surface area contributed by atoms with Crippen molar-refractivity contribution in [3.63, 3.8) is 0 Å². The third-order valence-electron chi connectivity index (χ3n) is 2.13. The number of aryl methyl sites for hydroxylation is 1. The topological polar surface area (TPSA) is 96.4 Å². The smallest absolute Gasteiger partial charge is 0.340 e. The van der Waals surface area contributed by atoms with Crippen LogP contribution in [-0.4, -0.2) is 23.9 Å². The van der Waals surface area contributed by atoms with Gasteiger partial charge in [0.1, 0.15) is 10.6 Å². The van der Waals surface area contributed by atoms with E-state index in [9.17, 15) is 13.2 Å². The summed E-state index contributed by atoms with van der Waals surface area (Å²) >= 11 is 4.97. The summed E-state index contributed by atoms with van der Waals surface area (Å²) in [5, 5.41) is 10.7. The molecule has 2 aromatic rings. The van der Waals surface area contributed by atoms with Crippen LogP contribution in [0, 0.1) is 6.92 Å². The number of nitrogens with one attached hydrogen (secondary N) is 1. The van der Waals surface area contributed by atoms with Crippen LogP contribution >= 0.6 is 38.8 Å². The molecule has 0 saturated carbocycles. The van der Waals surface area contributed by atoms with E-state index in [2.05, 4.69) is 25.0 Å². The Kier molecular flexibility index (Phi) is 3.95. The summed E-state index contributed by atoms with van der Waals surface area (Å²) in [4.78, 5) is 11.1. The molecule has 2 rings (SSSR count). The number of halogens is 1. The van der Waals surface area contributed by atoms with Crippen molar-refractivity contribution in [3.8, 4) is 0 Å². The Morgan fingerprint density at radius 2 is 2.21 bits per heavy atom. The van der Waals surface area contributed by atoms with Crippen LogP contribution in [0.3, 0.4) is 0 Å². The molecule has 19 heavy (non-hydrogen) atoms. The number of carbonyl (C=O) groups is 1. The van der Waals surface area contributed by atoms with Crippen LogP contribution in [0.1, 0.15) is 16.1 Å². The van der Waals surface area contributed by atoms with Gasteiger partial charge in [-0.2, -0.15) is 4.37 Å². The average Bonchev–Trinajstić information content (AvgIpc) is 2.85. The molecular formula is C9H7BrN2O4S3. The Labute approximate surface area is 125 Å². The Bertz CT molecular complexity index is 734. The number of sulfonamides is 1. The lowest BCUT2D eigenvalue weighted by atomic mass is 10.2. The molecule has 2 aromatic heterocycles.